The Morgan fingerprint density at radius 2 is 1.50 bits per heavy atom. The summed E-state index contributed by atoms with van der Waals surface area (Å²) in [6.45, 7) is 2.30. The standard InChI is InChI=1S/C25H24F2O/c1-16-2-4-17(5-3-16)18-6-8-19(9-7-18)22-14-15-23(25(27)24(22)26)20-10-12-21(28)13-11-20/h6,8-16,28H,2-5,7H2,1H3. The van der Waals surface area contributed by atoms with E-state index in [1.165, 1.54) is 36.1 Å². The average molecular weight is 378 g/mol. The summed E-state index contributed by atoms with van der Waals surface area (Å²) < 4.78 is 29.5. The monoisotopic (exact) mass is 378 g/mol. The third kappa shape index (κ3) is 3.66. The molecule has 0 bridgehead atoms. The van der Waals surface area contributed by atoms with Crippen molar-refractivity contribution in [3.63, 3.8) is 0 Å². The minimum absolute atomic E-state index is 0.0936. The summed E-state index contributed by atoms with van der Waals surface area (Å²) in [7, 11) is 0. The van der Waals surface area contributed by atoms with E-state index < -0.39 is 11.6 Å². The zero-order valence-electron chi connectivity index (χ0n) is 16.0. The normalized spacial score (nSPS) is 19.7. The van der Waals surface area contributed by atoms with Crippen molar-refractivity contribution >= 4 is 5.57 Å². The fourth-order valence-electron chi connectivity index (χ4n) is 4.08. The quantitative estimate of drug-likeness (QED) is 0.586. The van der Waals surface area contributed by atoms with Crippen LogP contribution < -0.4 is 0 Å². The van der Waals surface area contributed by atoms with E-state index in [1.54, 1.807) is 24.3 Å². The van der Waals surface area contributed by atoms with Crippen LogP contribution in [-0.4, -0.2) is 5.11 Å². The molecular weight excluding hydrogens is 354 g/mol. The number of phenols is 1. The van der Waals surface area contributed by atoms with Crippen LogP contribution in [0.15, 0.2) is 65.8 Å². The van der Waals surface area contributed by atoms with Crippen LogP contribution in [0.3, 0.4) is 0 Å². The van der Waals surface area contributed by atoms with Crippen molar-refractivity contribution in [1.29, 1.82) is 0 Å². The molecule has 0 spiro atoms. The number of hydrogen-bond donors (Lipinski definition) is 1. The SMILES string of the molecule is CC1CCC(=C2C=CC(c3ccc(-c4ccc(O)cc4)c(F)c3F)=CC2)CC1. The molecule has 2 aliphatic carbocycles. The van der Waals surface area contributed by atoms with E-state index in [-0.39, 0.29) is 16.9 Å². The second-order valence-corrected chi connectivity index (χ2v) is 7.84. The highest BCUT2D eigenvalue weighted by Gasteiger charge is 2.19. The van der Waals surface area contributed by atoms with Crippen molar-refractivity contribution in [3.8, 4) is 16.9 Å². The fourth-order valence-corrected chi connectivity index (χ4v) is 4.08. The van der Waals surface area contributed by atoms with Gasteiger partial charge in [0.2, 0.25) is 0 Å². The van der Waals surface area contributed by atoms with Crippen molar-refractivity contribution in [1.82, 2.24) is 0 Å². The Labute approximate surface area is 164 Å². The number of halogens is 2. The van der Waals surface area contributed by atoms with Gasteiger partial charge in [0.1, 0.15) is 5.75 Å². The summed E-state index contributed by atoms with van der Waals surface area (Å²) >= 11 is 0. The van der Waals surface area contributed by atoms with Crippen molar-refractivity contribution < 1.29 is 13.9 Å². The lowest BCUT2D eigenvalue weighted by atomic mass is 9.82. The first-order valence-electron chi connectivity index (χ1n) is 9.90. The highest BCUT2D eigenvalue weighted by molar-refractivity contribution is 5.79. The lowest BCUT2D eigenvalue weighted by Gasteiger charge is -2.23. The molecule has 0 saturated heterocycles. The molecule has 2 aliphatic rings. The van der Waals surface area contributed by atoms with Crippen molar-refractivity contribution in [2.24, 2.45) is 5.92 Å². The number of rotatable bonds is 2. The summed E-state index contributed by atoms with van der Waals surface area (Å²) in [4.78, 5) is 0. The van der Waals surface area contributed by atoms with Gasteiger partial charge in [-0.05, 0) is 66.9 Å². The number of phenolic OH excluding ortho intramolecular Hbond substituents is 1. The van der Waals surface area contributed by atoms with Crippen LogP contribution in [0.4, 0.5) is 8.78 Å². The van der Waals surface area contributed by atoms with E-state index in [0.29, 0.717) is 5.56 Å². The second-order valence-electron chi connectivity index (χ2n) is 7.84. The molecule has 0 heterocycles. The van der Waals surface area contributed by atoms with Gasteiger partial charge in [-0.25, -0.2) is 8.78 Å². The van der Waals surface area contributed by atoms with Crippen LogP contribution >= 0.6 is 0 Å². The molecule has 0 amide bonds. The molecule has 1 saturated carbocycles. The van der Waals surface area contributed by atoms with Crippen LogP contribution in [0.25, 0.3) is 16.7 Å². The van der Waals surface area contributed by atoms with Crippen LogP contribution in [0.5, 0.6) is 5.75 Å². The summed E-state index contributed by atoms with van der Waals surface area (Å²) in [6.07, 6.45) is 11.5. The van der Waals surface area contributed by atoms with Crippen molar-refractivity contribution in [3.05, 3.63) is 83.0 Å². The van der Waals surface area contributed by atoms with Gasteiger partial charge >= 0.3 is 0 Å². The van der Waals surface area contributed by atoms with Gasteiger partial charge in [0.25, 0.3) is 0 Å². The van der Waals surface area contributed by atoms with Crippen molar-refractivity contribution in [2.45, 2.75) is 39.0 Å². The highest BCUT2D eigenvalue weighted by atomic mass is 19.2. The van der Waals surface area contributed by atoms with Crippen LogP contribution in [-0.2, 0) is 0 Å². The summed E-state index contributed by atoms with van der Waals surface area (Å²) in [5.41, 5.74) is 4.59. The van der Waals surface area contributed by atoms with Gasteiger partial charge in [-0.3, -0.25) is 0 Å². The third-order valence-electron chi connectivity index (χ3n) is 5.91. The number of benzene rings is 2. The molecule has 1 N–H and O–H groups in total. The largest absolute Gasteiger partial charge is 0.508 e. The fraction of sp³-hybridized carbons (Fsp3) is 0.280. The molecule has 1 fully saturated rings. The van der Waals surface area contributed by atoms with Gasteiger partial charge < -0.3 is 5.11 Å². The van der Waals surface area contributed by atoms with Gasteiger partial charge in [-0.15, -0.1) is 0 Å². The molecule has 0 radical (unpaired) electrons. The molecule has 0 unspecified atom stereocenters. The molecule has 4 rings (SSSR count). The molecule has 0 aromatic heterocycles. The van der Waals surface area contributed by atoms with Gasteiger partial charge in [0, 0.05) is 11.1 Å². The van der Waals surface area contributed by atoms with E-state index in [4.69, 9.17) is 0 Å². The second kappa shape index (κ2) is 7.75. The molecular formula is C25H24F2O. The first-order valence-corrected chi connectivity index (χ1v) is 9.90. The van der Waals surface area contributed by atoms with E-state index in [0.717, 1.165) is 30.8 Å². The van der Waals surface area contributed by atoms with E-state index in [2.05, 4.69) is 13.0 Å². The highest BCUT2D eigenvalue weighted by Crippen LogP contribution is 2.36. The Balaban J connectivity index is 1.59. The van der Waals surface area contributed by atoms with Gasteiger partial charge in [-0.1, -0.05) is 55.0 Å². The average Bonchev–Trinajstić information content (AvgIpc) is 2.72. The Kier molecular flexibility index (Phi) is 5.17. The summed E-state index contributed by atoms with van der Waals surface area (Å²) in [5, 5.41) is 9.38. The first kappa shape index (κ1) is 18.7. The molecule has 1 nitrogen and oxygen atoms in total. The Hall–Kier alpha value is -2.68. The predicted molar refractivity (Wildman–Crippen MR) is 110 cm³/mol. The summed E-state index contributed by atoms with van der Waals surface area (Å²) in [5.74, 6) is -0.796. The molecule has 3 heteroatoms. The molecule has 2 aromatic carbocycles. The zero-order valence-corrected chi connectivity index (χ0v) is 16.0. The minimum atomic E-state index is -0.858. The topological polar surface area (TPSA) is 20.2 Å². The molecule has 2 aromatic rings. The maximum absolute atomic E-state index is 14.8. The molecule has 0 aliphatic heterocycles. The Bertz CT molecular complexity index is 970. The van der Waals surface area contributed by atoms with Gasteiger partial charge in [0.15, 0.2) is 11.6 Å². The lowest BCUT2D eigenvalue weighted by Crippen LogP contribution is -2.06. The van der Waals surface area contributed by atoms with Crippen LogP contribution in [0.1, 0.15) is 44.6 Å². The van der Waals surface area contributed by atoms with Gasteiger partial charge in [0.05, 0.1) is 0 Å². The minimum Gasteiger partial charge on any atom is -0.508 e. The number of allylic oxidation sites excluding steroid dienone is 6. The zero-order chi connectivity index (χ0) is 19.7. The Morgan fingerprint density at radius 3 is 2.14 bits per heavy atom. The van der Waals surface area contributed by atoms with E-state index in [9.17, 15) is 13.9 Å². The molecule has 144 valence electrons. The third-order valence-corrected chi connectivity index (χ3v) is 5.91. The summed E-state index contributed by atoms with van der Waals surface area (Å²) in [6, 6.07) is 9.33. The van der Waals surface area contributed by atoms with Crippen LogP contribution in [0, 0.1) is 17.6 Å². The first-order chi connectivity index (χ1) is 13.5. The van der Waals surface area contributed by atoms with E-state index in [1.807, 2.05) is 12.2 Å². The number of hydrogen-bond acceptors (Lipinski definition) is 1. The smallest absolute Gasteiger partial charge is 0.167 e. The molecule has 0 atom stereocenters. The predicted octanol–water partition coefficient (Wildman–Crippen LogP) is 7.19. The maximum atomic E-state index is 14.8. The lowest BCUT2D eigenvalue weighted by molar-refractivity contribution is 0.441. The van der Waals surface area contributed by atoms with Crippen molar-refractivity contribution in [2.75, 3.05) is 0 Å². The van der Waals surface area contributed by atoms with Gasteiger partial charge in [-0.2, -0.15) is 0 Å². The number of aromatic hydroxyl groups is 1. The molecule has 28 heavy (non-hydrogen) atoms. The van der Waals surface area contributed by atoms with E-state index >= 15 is 0 Å². The van der Waals surface area contributed by atoms with Crippen LogP contribution in [0.2, 0.25) is 0 Å². The Morgan fingerprint density at radius 1 is 0.857 bits per heavy atom. The maximum Gasteiger partial charge on any atom is 0.167 e.